The number of fused-ring (bicyclic) bond motifs is 2. The number of furan rings is 1. The maximum Gasteiger partial charge on any atom is 0.255 e. The molecule has 5 heteroatoms. The molecule has 1 aliphatic rings. The number of aryl methyl sites for hydroxylation is 2. The summed E-state index contributed by atoms with van der Waals surface area (Å²) in [5.41, 5.74) is 5.63. The van der Waals surface area contributed by atoms with Crippen LogP contribution < -0.4 is 0 Å². The molecule has 1 atom stereocenters. The molecule has 0 spiro atoms. The summed E-state index contributed by atoms with van der Waals surface area (Å²) in [6.45, 7) is 2.26. The van der Waals surface area contributed by atoms with Crippen molar-refractivity contribution in [1.82, 2.24) is 9.47 Å². The second-order valence-corrected chi connectivity index (χ2v) is 8.78. The second kappa shape index (κ2) is 7.73. The molecule has 1 amide bonds. The van der Waals surface area contributed by atoms with Crippen molar-refractivity contribution in [2.75, 3.05) is 0 Å². The minimum atomic E-state index is -0.305. The molecule has 0 aliphatic carbocycles. The van der Waals surface area contributed by atoms with Gasteiger partial charge in [-0.3, -0.25) is 4.79 Å². The molecule has 0 bridgehead atoms. The van der Waals surface area contributed by atoms with Crippen LogP contribution in [0.25, 0.3) is 22.2 Å². The van der Waals surface area contributed by atoms with Gasteiger partial charge >= 0.3 is 0 Å². The molecule has 5 aromatic rings. The molecule has 6 rings (SSSR count). The van der Waals surface area contributed by atoms with Crippen LogP contribution in [0.2, 0.25) is 0 Å². The van der Waals surface area contributed by atoms with Gasteiger partial charge in [0.25, 0.3) is 5.91 Å². The van der Waals surface area contributed by atoms with Gasteiger partial charge in [-0.25, -0.2) is 4.39 Å². The quantitative estimate of drug-likeness (QED) is 0.308. The third-order valence-corrected chi connectivity index (χ3v) is 6.72. The van der Waals surface area contributed by atoms with Crippen LogP contribution in [0.15, 0.2) is 89.3 Å². The summed E-state index contributed by atoms with van der Waals surface area (Å²) >= 11 is 0. The Hall–Kier alpha value is -4.12. The third kappa shape index (κ3) is 3.08. The molecule has 0 unspecified atom stereocenters. The first-order valence-corrected chi connectivity index (χ1v) is 11.3. The molecule has 0 fully saturated rings. The van der Waals surface area contributed by atoms with Gasteiger partial charge < -0.3 is 13.9 Å². The smallest absolute Gasteiger partial charge is 0.255 e. The highest BCUT2D eigenvalue weighted by atomic mass is 19.1. The molecule has 34 heavy (non-hydrogen) atoms. The Morgan fingerprint density at radius 2 is 1.65 bits per heavy atom. The molecule has 168 valence electrons. The number of hydrogen-bond acceptors (Lipinski definition) is 2. The van der Waals surface area contributed by atoms with E-state index in [4.69, 9.17) is 4.42 Å². The number of benzene rings is 3. The van der Waals surface area contributed by atoms with Crippen LogP contribution in [-0.4, -0.2) is 15.4 Å². The normalized spacial score (nSPS) is 15.3. The lowest BCUT2D eigenvalue weighted by atomic mass is 9.93. The number of halogens is 1. The molecule has 0 radical (unpaired) electrons. The molecular weight excluding hydrogens is 427 g/mol. The van der Waals surface area contributed by atoms with E-state index >= 15 is 0 Å². The molecule has 0 saturated carbocycles. The lowest BCUT2D eigenvalue weighted by molar-refractivity contribution is 0.0723. The Labute approximate surface area is 196 Å². The van der Waals surface area contributed by atoms with E-state index in [0.717, 1.165) is 44.8 Å². The highest BCUT2D eigenvalue weighted by Crippen LogP contribution is 2.47. The van der Waals surface area contributed by atoms with Gasteiger partial charge in [0.2, 0.25) is 0 Å². The van der Waals surface area contributed by atoms with Crippen molar-refractivity contribution in [2.24, 2.45) is 7.05 Å². The zero-order valence-corrected chi connectivity index (χ0v) is 19.0. The van der Waals surface area contributed by atoms with E-state index in [1.807, 2.05) is 67.4 Å². The zero-order chi connectivity index (χ0) is 23.4. The van der Waals surface area contributed by atoms with Crippen LogP contribution >= 0.6 is 0 Å². The van der Waals surface area contributed by atoms with Crippen LogP contribution in [-0.2, 0) is 13.6 Å². The van der Waals surface area contributed by atoms with Gasteiger partial charge in [0.05, 0.1) is 18.3 Å². The first-order valence-electron chi connectivity index (χ1n) is 11.3. The number of amides is 1. The number of para-hydroxylation sites is 1. The minimum Gasteiger partial charge on any atom is -0.464 e. The maximum absolute atomic E-state index is 13.8. The van der Waals surface area contributed by atoms with Gasteiger partial charge in [0.1, 0.15) is 17.3 Å². The van der Waals surface area contributed by atoms with Gasteiger partial charge in [-0.1, -0.05) is 36.4 Å². The third-order valence-electron chi connectivity index (χ3n) is 6.72. The lowest BCUT2D eigenvalue weighted by Gasteiger charge is -2.26. The number of carbonyl (C=O) groups is 1. The van der Waals surface area contributed by atoms with Crippen molar-refractivity contribution in [1.29, 1.82) is 0 Å². The number of carbonyl (C=O) groups excluding carboxylic acids is 1. The fraction of sp³-hybridized carbons (Fsp3) is 0.138. The van der Waals surface area contributed by atoms with Crippen LogP contribution in [0.1, 0.15) is 39.0 Å². The summed E-state index contributed by atoms with van der Waals surface area (Å²) in [4.78, 5) is 15.5. The fourth-order valence-electron chi connectivity index (χ4n) is 5.24. The summed E-state index contributed by atoms with van der Waals surface area (Å²) in [5, 5.41) is 1.07. The molecular formula is C29H23FN2O2. The summed E-state index contributed by atoms with van der Waals surface area (Å²) in [5.74, 6) is 1.26. The summed E-state index contributed by atoms with van der Waals surface area (Å²) in [6, 6.07) is 26.1. The summed E-state index contributed by atoms with van der Waals surface area (Å²) < 4.78 is 21.8. The number of rotatable bonds is 4. The Bertz CT molecular complexity index is 1540. The topological polar surface area (TPSA) is 38.4 Å². The molecule has 0 N–H and O–H groups in total. The van der Waals surface area contributed by atoms with E-state index in [9.17, 15) is 9.18 Å². The monoisotopic (exact) mass is 450 g/mol. The summed E-state index contributed by atoms with van der Waals surface area (Å²) in [7, 11) is 2.02. The standard InChI is InChI=1S/C29H23FN2O2/c1-18-11-16-21(34-18)17-32-28(22-7-3-4-8-23(22)29(32)33)26-24-9-5-6-10-25(24)31(2)27(26)19-12-14-20(30)15-13-19/h3-16,28H,17H2,1-2H3/t28-/m0/s1. The van der Waals surface area contributed by atoms with Gasteiger partial charge in [-0.05, 0) is 66.6 Å². The van der Waals surface area contributed by atoms with Crippen molar-refractivity contribution in [2.45, 2.75) is 19.5 Å². The SMILES string of the molecule is Cc1ccc(CN2C(=O)c3ccccc3[C@H]2c2c(-c3ccc(F)cc3)n(C)c3ccccc23)o1. The van der Waals surface area contributed by atoms with Crippen LogP contribution in [0.5, 0.6) is 0 Å². The highest BCUT2D eigenvalue weighted by Gasteiger charge is 2.41. The maximum atomic E-state index is 13.8. The van der Waals surface area contributed by atoms with Crippen molar-refractivity contribution >= 4 is 16.8 Å². The Kier molecular flexibility index (Phi) is 4.66. The Morgan fingerprint density at radius 1 is 0.912 bits per heavy atom. The van der Waals surface area contributed by atoms with Gasteiger partial charge in [-0.2, -0.15) is 0 Å². The van der Waals surface area contributed by atoms with E-state index in [2.05, 4.69) is 16.7 Å². The van der Waals surface area contributed by atoms with E-state index in [-0.39, 0.29) is 17.8 Å². The molecule has 2 aromatic heterocycles. The highest BCUT2D eigenvalue weighted by molar-refractivity contribution is 6.02. The van der Waals surface area contributed by atoms with Gasteiger partial charge in [-0.15, -0.1) is 0 Å². The van der Waals surface area contributed by atoms with Crippen molar-refractivity contribution in [3.63, 3.8) is 0 Å². The first kappa shape index (κ1) is 20.5. The summed E-state index contributed by atoms with van der Waals surface area (Å²) in [6.07, 6.45) is 0. The van der Waals surface area contributed by atoms with Crippen LogP contribution in [0.4, 0.5) is 4.39 Å². The lowest BCUT2D eigenvalue weighted by Crippen LogP contribution is -2.28. The van der Waals surface area contributed by atoms with Gasteiger partial charge in [0, 0.05) is 29.1 Å². The van der Waals surface area contributed by atoms with Crippen molar-refractivity contribution in [3.8, 4) is 11.3 Å². The minimum absolute atomic E-state index is 0.0207. The van der Waals surface area contributed by atoms with E-state index in [0.29, 0.717) is 12.1 Å². The number of aromatic nitrogens is 1. The molecule has 0 saturated heterocycles. The van der Waals surface area contributed by atoms with E-state index in [1.54, 1.807) is 12.1 Å². The van der Waals surface area contributed by atoms with Crippen LogP contribution in [0.3, 0.4) is 0 Å². The molecule has 1 aliphatic heterocycles. The molecule has 4 nitrogen and oxygen atoms in total. The predicted octanol–water partition coefficient (Wildman–Crippen LogP) is 6.63. The average molecular weight is 451 g/mol. The molecule has 3 heterocycles. The largest absolute Gasteiger partial charge is 0.464 e. The molecule has 3 aromatic carbocycles. The fourth-order valence-corrected chi connectivity index (χ4v) is 5.24. The number of nitrogens with zero attached hydrogens (tertiary/aromatic N) is 2. The Morgan fingerprint density at radius 3 is 2.41 bits per heavy atom. The first-order chi connectivity index (χ1) is 16.5. The van der Waals surface area contributed by atoms with Crippen molar-refractivity contribution < 1.29 is 13.6 Å². The average Bonchev–Trinajstić information content (AvgIpc) is 3.48. The van der Waals surface area contributed by atoms with Gasteiger partial charge in [0.15, 0.2) is 0 Å². The van der Waals surface area contributed by atoms with E-state index in [1.165, 1.54) is 12.1 Å². The number of hydrogen-bond donors (Lipinski definition) is 0. The second-order valence-electron chi connectivity index (χ2n) is 8.78. The zero-order valence-electron chi connectivity index (χ0n) is 19.0. The Balaban J connectivity index is 1.63. The van der Waals surface area contributed by atoms with Crippen LogP contribution in [0, 0.1) is 12.7 Å². The predicted molar refractivity (Wildman–Crippen MR) is 130 cm³/mol. The van der Waals surface area contributed by atoms with Crippen molar-refractivity contribution in [3.05, 3.63) is 119 Å². The van der Waals surface area contributed by atoms with E-state index < -0.39 is 0 Å².